The molecule has 1 aromatic rings. The number of anilines is 1. The maximum Gasteiger partial charge on any atom is 0.328 e. The summed E-state index contributed by atoms with van der Waals surface area (Å²) in [5, 5.41) is 10.6. The number of aliphatic carboxylic acids is 1. The normalized spacial score (nSPS) is 11.6. The van der Waals surface area contributed by atoms with Crippen LogP contribution in [0, 0.1) is 0 Å². The number of nitrogen functional groups attached to an aromatic ring is 1. The Balaban J connectivity index is 2.91. The molecule has 0 aliphatic rings. The maximum atomic E-state index is 10.3. The van der Waals surface area contributed by atoms with E-state index in [9.17, 15) is 4.79 Å². The number of carbonyl (C=O) groups is 1. The average molecular weight is 184 g/mol. The lowest BCUT2D eigenvalue weighted by Gasteiger charge is -1.91. The van der Waals surface area contributed by atoms with E-state index < -0.39 is 5.97 Å². The first kappa shape index (κ1) is 8.73. The molecular formula is C7H8N2O2S. The van der Waals surface area contributed by atoms with Crippen molar-refractivity contribution in [3.8, 4) is 0 Å². The van der Waals surface area contributed by atoms with Crippen LogP contribution in [-0.4, -0.2) is 16.1 Å². The summed E-state index contributed by atoms with van der Waals surface area (Å²) in [5.41, 5.74) is 6.61. The van der Waals surface area contributed by atoms with Gasteiger partial charge in [0.25, 0.3) is 0 Å². The minimum Gasteiger partial charge on any atom is -0.478 e. The third kappa shape index (κ3) is 2.06. The zero-order valence-corrected chi connectivity index (χ0v) is 7.26. The Labute approximate surface area is 73.4 Å². The van der Waals surface area contributed by atoms with Gasteiger partial charge in [0.1, 0.15) is 0 Å². The standard InChI is InChI=1S/C7H8N2O2S/c1-4(2-6(10)11)5-3-12-7(8)9-5/h2-3H,1H3,(H2,8,9)(H,10,11)/b4-2+. The van der Waals surface area contributed by atoms with E-state index >= 15 is 0 Å². The van der Waals surface area contributed by atoms with E-state index in [4.69, 9.17) is 10.8 Å². The van der Waals surface area contributed by atoms with E-state index in [1.165, 1.54) is 11.3 Å². The molecule has 0 atom stereocenters. The second-order valence-corrected chi connectivity index (χ2v) is 3.13. The van der Waals surface area contributed by atoms with Crippen LogP contribution < -0.4 is 5.73 Å². The van der Waals surface area contributed by atoms with Crippen LogP contribution in [-0.2, 0) is 4.79 Å². The summed E-state index contributed by atoms with van der Waals surface area (Å²) in [6, 6.07) is 0. The number of rotatable bonds is 2. The molecule has 0 aliphatic heterocycles. The van der Waals surface area contributed by atoms with Crippen LogP contribution in [0.5, 0.6) is 0 Å². The molecule has 0 radical (unpaired) electrons. The Hall–Kier alpha value is -1.36. The highest BCUT2D eigenvalue weighted by Gasteiger charge is 2.01. The Kier molecular flexibility index (Phi) is 2.44. The first-order valence-corrected chi connectivity index (χ1v) is 4.10. The molecule has 5 heteroatoms. The van der Waals surface area contributed by atoms with Gasteiger partial charge in [-0.05, 0) is 12.5 Å². The minimum absolute atomic E-state index is 0.447. The zero-order valence-electron chi connectivity index (χ0n) is 6.44. The second kappa shape index (κ2) is 3.36. The molecule has 0 saturated heterocycles. The number of aromatic nitrogens is 1. The summed E-state index contributed by atoms with van der Waals surface area (Å²) >= 11 is 1.29. The number of hydrogen-bond donors (Lipinski definition) is 2. The van der Waals surface area contributed by atoms with Crippen molar-refractivity contribution in [2.24, 2.45) is 0 Å². The highest BCUT2D eigenvalue weighted by atomic mass is 32.1. The zero-order chi connectivity index (χ0) is 9.14. The van der Waals surface area contributed by atoms with Gasteiger partial charge in [0.05, 0.1) is 5.69 Å². The lowest BCUT2D eigenvalue weighted by Crippen LogP contribution is -1.90. The highest BCUT2D eigenvalue weighted by Crippen LogP contribution is 2.18. The van der Waals surface area contributed by atoms with Gasteiger partial charge in [-0.3, -0.25) is 0 Å². The van der Waals surface area contributed by atoms with Gasteiger partial charge >= 0.3 is 5.97 Å². The largest absolute Gasteiger partial charge is 0.478 e. The molecule has 1 aromatic heterocycles. The van der Waals surface area contributed by atoms with Crippen molar-refractivity contribution in [1.29, 1.82) is 0 Å². The number of nitrogens with zero attached hydrogens (tertiary/aromatic N) is 1. The molecule has 1 heterocycles. The van der Waals surface area contributed by atoms with Crippen molar-refractivity contribution >= 4 is 28.0 Å². The fraction of sp³-hybridized carbons (Fsp3) is 0.143. The van der Waals surface area contributed by atoms with E-state index in [1.54, 1.807) is 12.3 Å². The van der Waals surface area contributed by atoms with Crippen LogP contribution in [0.1, 0.15) is 12.6 Å². The number of hydrogen-bond acceptors (Lipinski definition) is 4. The van der Waals surface area contributed by atoms with E-state index in [2.05, 4.69) is 4.98 Å². The monoisotopic (exact) mass is 184 g/mol. The van der Waals surface area contributed by atoms with E-state index in [1.807, 2.05) is 0 Å². The van der Waals surface area contributed by atoms with Gasteiger partial charge < -0.3 is 10.8 Å². The van der Waals surface area contributed by atoms with Crippen molar-refractivity contribution in [1.82, 2.24) is 4.98 Å². The van der Waals surface area contributed by atoms with Crippen molar-refractivity contribution in [2.75, 3.05) is 5.73 Å². The molecule has 3 N–H and O–H groups in total. The Morgan fingerprint density at radius 1 is 1.83 bits per heavy atom. The number of allylic oxidation sites excluding steroid dienone is 1. The topological polar surface area (TPSA) is 76.2 Å². The van der Waals surface area contributed by atoms with Crippen LogP contribution in [0.15, 0.2) is 11.5 Å². The number of thiazole rings is 1. The van der Waals surface area contributed by atoms with Gasteiger partial charge in [-0.15, -0.1) is 11.3 Å². The fourth-order valence-corrected chi connectivity index (χ4v) is 1.35. The molecule has 0 unspecified atom stereocenters. The SMILES string of the molecule is C/C(=C\C(=O)O)c1csc(N)n1. The second-order valence-electron chi connectivity index (χ2n) is 2.24. The summed E-state index contributed by atoms with van der Waals surface area (Å²) in [5.74, 6) is -0.973. The van der Waals surface area contributed by atoms with E-state index in [0.29, 0.717) is 16.4 Å². The van der Waals surface area contributed by atoms with Gasteiger partial charge in [0.2, 0.25) is 0 Å². The molecule has 0 aromatic carbocycles. The van der Waals surface area contributed by atoms with E-state index in [0.717, 1.165) is 6.08 Å². The summed E-state index contributed by atoms with van der Waals surface area (Å²) < 4.78 is 0. The van der Waals surface area contributed by atoms with E-state index in [-0.39, 0.29) is 0 Å². The molecule has 64 valence electrons. The summed E-state index contributed by atoms with van der Waals surface area (Å²) in [7, 11) is 0. The van der Waals surface area contributed by atoms with Gasteiger partial charge in [-0.25, -0.2) is 9.78 Å². The number of carboxylic acids is 1. The average Bonchev–Trinajstić information content (AvgIpc) is 2.34. The van der Waals surface area contributed by atoms with Gasteiger partial charge in [0.15, 0.2) is 5.13 Å². The molecule has 0 amide bonds. The molecule has 4 nitrogen and oxygen atoms in total. The molecule has 0 aliphatic carbocycles. The summed E-state index contributed by atoms with van der Waals surface area (Å²) in [6.07, 6.45) is 1.11. The quantitative estimate of drug-likeness (QED) is 0.677. The lowest BCUT2D eigenvalue weighted by atomic mass is 10.2. The van der Waals surface area contributed by atoms with Crippen molar-refractivity contribution < 1.29 is 9.90 Å². The molecule has 12 heavy (non-hydrogen) atoms. The van der Waals surface area contributed by atoms with Crippen molar-refractivity contribution in [3.63, 3.8) is 0 Å². The van der Waals surface area contributed by atoms with Crippen LogP contribution in [0.3, 0.4) is 0 Å². The summed E-state index contributed by atoms with van der Waals surface area (Å²) in [4.78, 5) is 14.2. The third-order valence-corrected chi connectivity index (χ3v) is 1.94. The molecule has 0 spiro atoms. The molecule has 1 rings (SSSR count). The highest BCUT2D eigenvalue weighted by molar-refractivity contribution is 7.13. The number of nitrogens with two attached hydrogens (primary N) is 1. The van der Waals surface area contributed by atoms with Crippen molar-refractivity contribution in [3.05, 3.63) is 17.2 Å². The molecule has 0 fully saturated rings. The first-order chi connectivity index (χ1) is 5.59. The third-order valence-electron chi connectivity index (χ3n) is 1.27. The Morgan fingerprint density at radius 2 is 2.50 bits per heavy atom. The molecule has 0 saturated carbocycles. The lowest BCUT2D eigenvalue weighted by molar-refractivity contribution is -0.131. The van der Waals surface area contributed by atoms with Gasteiger partial charge in [0, 0.05) is 11.5 Å². The van der Waals surface area contributed by atoms with Crippen LogP contribution in [0.4, 0.5) is 5.13 Å². The maximum absolute atomic E-state index is 10.3. The predicted molar refractivity (Wildman–Crippen MR) is 47.8 cm³/mol. The molecule has 0 bridgehead atoms. The summed E-state index contributed by atoms with van der Waals surface area (Å²) in [6.45, 7) is 1.68. The Morgan fingerprint density at radius 3 is 2.92 bits per heavy atom. The van der Waals surface area contributed by atoms with Crippen LogP contribution in [0.25, 0.3) is 5.57 Å². The predicted octanol–water partition coefficient (Wildman–Crippen LogP) is 1.21. The van der Waals surface area contributed by atoms with Crippen molar-refractivity contribution in [2.45, 2.75) is 6.92 Å². The minimum atomic E-state index is -0.973. The molecular weight excluding hydrogens is 176 g/mol. The fourth-order valence-electron chi connectivity index (χ4n) is 0.728. The van der Waals surface area contributed by atoms with Crippen LogP contribution in [0.2, 0.25) is 0 Å². The first-order valence-electron chi connectivity index (χ1n) is 3.22. The van der Waals surface area contributed by atoms with Gasteiger partial charge in [-0.1, -0.05) is 0 Å². The van der Waals surface area contributed by atoms with Crippen LogP contribution >= 0.6 is 11.3 Å². The Bertz CT molecular complexity index is 330. The van der Waals surface area contributed by atoms with Gasteiger partial charge in [-0.2, -0.15) is 0 Å². The number of carboxylic acid groups (broad SMARTS) is 1. The smallest absolute Gasteiger partial charge is 0.328 e.